The molecule has 3 N–H and O–H groups in total. The summed E-state index contributed by atoms with van der Waals surface area (Å²) >= 11 is 6.11. The van der Waals surface area contributed by atoms with Crippen molar-refractivity contribution in [1.82, 2.24) is 5.32 Å². The van der Waals surface area contributed by atoms with Crippen LogP contribution in [0.1, 0.15) is 26.3 Å². The normalized spacial score (nSPS) is 14.2. The van der Waals surface area contributed by atoms with Gasteiger partial charge in [0.05, 0.1) is 5.92 Å². The molecule has 19 heavy (non-hydrogen) atoms. The van der Waals surface area contributed by atoms with Crippen LogP contribution < -0.4 is 11.1 Å². The summed E-state index contributed by atoms with van der Waals surface area (Å²) < 4.78 is 0. The van der Waals surface area contributed by atoms with Gasteiger partial charge in [0.25, 0.3) is 0 Å². The molecule has 0 saturated carbocycles. The summed E-state index contributed by atoms with van der Waals surface area (Å²) in [7, 11) is 0. The standard InChI is InChI=1S/C15H23ClN2O/c1-10(2)13(9-17)15(19)18-11(3)8-12-6-4-5-7-14(12)16/h4-7,10-11,13H,8-9,17H2,1-3H3,(H,18,19). The van der Waals surface area contributed by atoms with E-state index in [0.29, 0.717) is 6.54 Å². The summed E-state index contributed by atoms with van der Waals surface area (Å²) in [6, 6.07) is 7.74. The molecule has 0 aliphatic heterocycles. The van der Waals surface area contributed by atoms with Gasteiger partial charge in [-0.3, -0.25) is 4.79 Å². The number of nitrogens with two attached hydrogens (primary N) is 1. The van der Waals surface area contributed by atoms with Gasteiger partial charge in [0.15, 0.2) is 0 Å². The van der Waals surface area contributed by atoms with E-state index in [1.165, 1.54) is 0 Å². The number of carbonyl (C=O) groups excluding carboxylic acids is 1. The largest absolute Gasteiger partial charge is 0.353 e. The van der Waals surface area contributed by atoms with E-state index in [-0.39, 0.29) is 23.8 Å². The lowest BCUT2D eigenvalue weighted by Crippen LogP contribution is -2.42. The van der Waals surface area contributed by atoms with Crippen LogP contribution in [0, 0.1) is 11.8 Å². The topological polar surface area (TPSA) is 55.1 Å². The van der Waals surface area contributed by atoms with Crippen LogP contribution in [0.4, 0.5) is 0 Å². The van der Waals surface area contributed by atoms with Crippen molar-refractivity contribution < 1.29 is 4.79 Å². The van der Waals surface area contributed by atoms with Crippen molar-refractivity contribution in [1.29, 1.82) is 0 Å². The van der Waals surface area contributed by atoms with Crippen LogP contribution in [-0.2, 0) is 11.2 Å². The average Bonchev–Trinajstić information content (AvgIpc) is 2.32. The van der Waals surface area contributed by atoms with Gasteiger partial charge in [0, 0.05) is 17.6 Å². The zero-order valence-corrected chi connectivity index (χ0v) is 12.6. The van der Waals surface area contributed by atoms with E-state index >= 15 is 0 Å². The first kappa shape index (κ1) is 16.0. The SMILES string of the molecule is CC(Cc1ccccc1Cl)NC(=O)C(CN)C(C)C. The molecule has 4 heteroatoms. The molecule has 0 spiro atoms. The van der Waals surface area contributed by atoms with Crippen LogP contribution in [0.5, 0.6) is 0 Å². The third kappa shape index (κ3) is 4.84. The molecule has 2 atom stereocenters. The fraction of sp³-hybridized carbons (Fsp3) is 0.533. The van der Waals surface area contributed by atoms with Crippen molar-refractivity contribution in [3.8, 4) is 0 Å². The Morgan fingerprint density at radius 2 is 1.95 bits per heavy atom. The van der Waals surface area contributed by atoms with Crippen LogP contribution in [-0.4, -0.2) is 18.5 Å². The highest BCUT2D eigenvalue weighted by Crippen LogP contribution is 2.17. The lowest BCUT2D eigenvalue weighted by atomic mass is 9.94. The highest BCUT2D eigenvalue weighted by molar-refractivity contribution is 6.31. The third-order valence-corrected chi connectivity index (χ3v) is 3.64. The van der Waals surface area contributed by atoms with Crippen molar-refractivity contribution in [3.63, 3.8) is 0 Å². The predicted molar refractivity (Wildman–Crippen MR) is 80.1 cm³/mol. The van der Waals surface area contributed by atoms with E-state index in [1.54, 1.807) is 0 Å². The van der Waals surface area contributed by atoms with E-state index in [9.17, 15) is 4.79 Å². The molecule has 0 heterocycles. The average molecular weight is 283 g/mol. The third-order valence-electron chi connectivity index (χ3n) is 3.27. The number of halogens is 1. The molecule has 0 radical (unpaired) electrons. The Morgan fingerprint density at radius 3 is 2.47 bits per heavy atom. The molecule has 106 valence electrons. The van der Waals surface area contributed by atoms with E-state index < -0.39 is 0 Å². The van der Waals surface area contributed by atoms with E-state index in [0.717, 1.165) is 17.0 Å². The van der Waals surface area contributed by atoms with Gasteiger partial charge < -0.3 is 11.1 Å². The van der Waals surface area contributed by atoms with Crippen molar-refractivity contribution in [3.05, 3.63) is 34.9 Å². The highest BCUT2D eigenvalue weighted by atomic mass is 35.5. The summed E-state index contributed by atoms with van der Waals surface area (Å²) in [5, 5.41) is 3.75. The summed E-state index contributed by atoms with van der Waals surface area (Å²) in [6.07, 6.45) is 0.723. The zero-order valence-electron chi connectivity index (χ0n) is 11.8. The Labute approximate surface area is 120 Å². The second-order valence-corrected chi connectivity index (χ2v) is 5.70. The van der Waals surface area contributed by atoms with Gasteiger partial charge in [-0.05, 0) is 30.9 Å². The van der Waals surface area contributed by atoms with Crippen molar-refractivity contribution >= 4 is 17.5 Å². The Hall–Kier alpha value is -1.06. The first-order chi connectivity index (χ1) is 8.95. The van der Waals surface area contributed by atoms with Crippen LogP contribution in [0.3, 0.4) is 0 Å². The van der Waals surface area contributed by atoms with Gasteiger partial charge in [0.1, 0.15) is 0 Å². The smallest absolute Gasteiger partial charge is 0.224 e. The maximum absolute atomic E-state index is 12.1. The minimum absolute atomic E-state index is 0.0250. The van der Waals surface area contributed by atoms with E-state index in [1.807, 2.05) is 45.0 Å². The van der Waals surface area contributed by atoms with Gasteiger partial charge in [-0.2, -0.15) is 0 Å². The summed E-state index contributed by atoms with van der Waals surface area (Å²) in [4.78, 5) is 12.1. The highest BCUT2D eigenvalue weighted by Gasteiger charge is 2.21. The van der Waals surface area contributed by atoms with Crippen molar-refractivity contribution in [2.24, 2.45) is 17.6 Å². The molecule has 1 aromatic rings. The molecule has 2 unspecified atom stereocenters. The Morgan fingerprint density at radius 1 is 1.32 bits per heavy atom. The molecule has 1 rings (SSSR count). The molecule has 0 saturated heterocycles. The zero-order chi connectivity index (χ0) is 14.4. The van der Waals surface area contributed by atoms with Gasteiger partial charge in [0.2, 0.25) is 5.91 Å². The number of carbonyl (C=O) groups is 1. The monoisotopic (exact) mass is 282 g/mol. The maximum Gasteiger partial charge on any atom is 0.224 e. The minimum atomic E-state index is -0.131. The van der Waals surface area contributed by atoms with Gasteiger partial charge >= 0.3 is 0 Å². The van der Waals surface area contributed by atoms with Crippen molar-refractivity contribution in [2.75, 3.05) is 6.54 Å². The van der Waals surface area contributed by atoms with E-state index in [4.69, 9.17) is 17.3 Å². The Bertz CT molecular complexity index is 420. The minimum Gasteiger partial charge on any atom is -0.353 e. The lowest BCUT2D eigenvalue weighted by molar-refractivity contribution is -0.126. The van der Waals surface area contributed by atoms with Crippen LogP contribution in [0.15, 0.2) is 24.3 Å². The Balaban J connectivity index is 2.58. The number of nitrogens with one attached hydrogen (secondary N) is 1. The van der Waals surface area contributed by atoms with Crippen LogP contribution in [0.2, 0.25) is 5.02 Å². The van der Waals surface area contributed by atoms with Crippen molar-refractivity contribution in [2.45, 2.75) is 33.2 Å². The fourth-order valence-electron chi connectivity index (χ4n) is 2.08. The first-order valence-corrected chi connectivity index (χ1v) is 7.07. The molecule has 1 aromatic carbocycles. The van der Waals surface area contributed by atoms with Gasteiger partial charge in [-0.1, -0.05) is 43.6 Å². The molecule has 0 aromatic heterocycles. The van der Waals surface area contributed by atoms with Gasteiger partial charge in [-0.25, -0.2) is 0 Å². The second-order valence-electron chi connectivity index (χ2n) is 5.29. The fourth-order valence-corrected chi connectivity index (χ4v) is 2.29. The molecule has 1 amide bonds. The van der Waals surface area contributed by atoms with E-state index in [2.05, 4.69) is 5.32 Å². The van der Waals surface area contributed by atoms with Crippen LogP contribution >= 0.6 is 11.6 Å². The van der Waals surface area contributed by atoms with Gasteiger partial charge in [-0.15, -0.1) is 0 Å². The number of hydrogen-bond donors (Lipinski definition) is 2. The molecule has 0 aliphatic rings. The molecule has 3 nitrogen and oxygen atoms in total. The molecular weight excluding hydrogens is 260 g/mol. The Kier molecular flexibility index (Phi) is 6.32. The quantitative estimate of drug-likeness (QED) is 0.843. The first-order valence-electron chi connectivity index (χ1n) is 6.69. The number of hydrogen-bond acceptors (Lipinski definition) is 2. The number of amides is 1. The summed E-state index contributed by atoms with van der Waals surface area (Å²) in [5.41, 5.74) is 6.69. The molecule has 0 aliphatic carbocycles. The summed E-state index contributed by atoms with van der Waals surface area (Å²) in [5.74, 6) is 0.142. The lowest BCUT2D eigenvalue weighted by Gasteiger charge is -2.22. The molecular formula is C15H23ClN2O. The van der Waals surface area contributed by atoms with Crippen LogP contribution in [0.25, 0.3) is 0 Å². The molecule has 0 fully saturated rings. The predicted octanol–water partition coefficient (Wildman–Crippen LogP) is 2.62. The maximum atomic E-state index is 12.1. The number of rotatable bonds is 6. The number of benzene rings is 1. The summed E-state index contributed by atoms with van der Waals surface area (Å²) in [6.45, 7) is 6.38. The molecule has 0 bridgehead atoms. The second kappa shape index (κ2) is 7.51.